The van der Waals surface area contributed by atoms with E-state index in [9.17, 15) is 9.90 Å². The third-order valence-electron chi connectivity index (χ3n) is 10.9. The van der Waals surface area contributed by atoms with E-state index in [4.69, 9.17) is 9.40 Å². The van der Waals surface area contributed by atoms with E-state index in [1.165, 1.54) is 32.7 Å². The van der Waals surface area contributed by atoms with E-state index >= 15 is 0 Å². The zero-order chi connectivity index (χ0) is 36.4. The van der Waals surface area contributed by atoms with Crippen LogP contribution in [-0.4, -0.2) is 15.9 Å². The summed E-state index contributed by atoms with van der Waals surface area (Å²) in [6.07, 6.45) is 6.59. The van der Waals surface area contributed by atoms with E-state index in [2.05, 4.69) is 93.7 Å². The Morgan fingerprint density at radius 2 is 1.55 bits per heavy atom. The van der Waals surface area contributed by atoms with Crippen LogP contribution in [0.1, 0.15) is 99.1 Å². The van der Waals surface area contributed by atoms with Crippen LogP contribution in [-0.2, 0) is 30.3 Å². The van der Waals surface area contributed by atoms with Crippen molar-refractivity contribution in [2.45, 2.75) is 100 Å². The van der Waals surface area contributed by atoms with Gasteiger partial charge in [0.1, 0.15) is 17.1 Å². The number of thiophene rings is 1. The van der Waals surface area contributed by atoms with Crippen molar-refractivity contribution >= 4 is 48.9 Å². The molecule has 1 radical (unpaired) electrons. The molecule has 4 nitrogen and oxygen atoms in total. The number of hydrogen-bond acceptors (Lipinski definition) is 5. The number of furan rings is 1. The second-order valence-electron chi connectivity index (χ2n) is 15.1. The van der Waals surface area contributed by atoms with E-state index in [0.29, 0.717) is 0 Å². The summed E-state index contributed by atoms with van der Waals surface area (Å²) in [4.78, 5) is 17.0. The van der Waals surface area contributed by atoms with E-state index in [-0.39, 0.29) is 47.9 Å². The number of nitrogens with zero attached hydrogens (tertiary/aromatic N) is 1. The van der Waals surface area contributed by atoms with Crippen LogP contribution in [0.4, 0.5) is 0 Å². The number of aliphatic hydroxyl groups excluding tert-OH is 1. The Bertz CT molecular complexity index is 2170. The van der Waals surface area contributed by atoms with Crippen LogP contribution in [0.3, 0.4) is 0 Å². The molecule has 0 saturated heterocycles. The number of pyridine rings is 1. The Morgan fingerprint density at radius 3 is 2.20 bits per heavy atom. The fourth-order valence-electron chi connectivity index (χ4n) is 6.42. The van der Waals surface area contributed by atoms with Crippen LogP contribution in [0.5, 0.6) is 0 Å². The first-order chi connectivity index (χ1) is 23.7. The topological polar surface area (TPSA) is 63.3 Å². The molecule has 0 bridgehead atoms. The summed E-state index contributed by atoms with van der Waals surface area (Å²) in [6.45, 7) is 21.0. The monoisotopic (exact) mass is 879 g/mol. The van der Waals surface area contributed by atoms with E-state index in [1.807, 2.05) is 53.8 Å². The number of fused-ring (bicyclic) bond motifs is 3. The molecule has 3 heterocycles. The number of rotatable bonds is 9. The fraction of sp³-hybridized carbons (Fsp3) is 0.378. The fourth-order valence-corrected chi connectivity index (χ4v) is 7.39. The van der Waals surface area contributed by atoms with Gasteiger partial charge in [-0.05, 0) is 67.2 Å². The molecule has 0 fully saturated rings. The first-order valence-corrected chi connectivity index (χ1v) is 18.8. The number of allylic oxidation sites excluding steroid dienone is 2. The Hall–Kier alpha value is -3.57. The number of carbonyl (C=O) groups excluding carboxylic acids is 1. The molecule has 1 N–H and O–H groups in total. The van der Waals surface area contributed by atoms with Crippen molar-refractivity contribution in [2.75, 3.05) is 0 Å². The van der Waals surface area contributed by atoms with E-state index < -0.39 is 0 Å². The van der Waals surface area contributed by atoms with Crippen molar-refractivity contribution < 1.29 is 34.4 Å². The summed E-state index contributed by atoms with van der Waals surface area (Å²) in [5, 5.41) is 17.0. The first-order valence-electron chi connectivity index (χ1n) is 18.0. The van der Waals surface area contributed by atoms with Gasteiger partial charge in [0.2, 0.25) is 0 Å². The third kappa shape index (κ3) is 8.09. The van der Waals surface area contributed by atoms with Gasteiger partial charge in [0.25, 0.3) is 0 Å². The molecular formula is C45H52IrNO3S-. The quantitative estimate of drug-likeness (QED) is 0.0893. The predicted molar refractivity (Wildman–Crippen MR) is 213 cm³/mol. The maximum atomic E-state index is 12.2. The number of hydrogen-bond donors (Lipinski definition) is 1. The largest absolute Gasteiger partial charge is 0.512 e. The standard InChI is InChI=1S/C30H24NOS.C15H28O2.Ir/c1-18-17-33-27-11-7-10-22(28(18)27)26-16-23-25(32-26)12-13-31-29(23)20-14-19-8-5-6-9-21(19)24(15-20)30(2,3)4;1-7-14(5,8-2)12(16)11-13(17)15(6,9-3)10-4;/h5-13,15-17H,1-4H3;11,16H,7-10H2,1-6H3;/q-1;;/b;12-11-;. The van der Waals surface area contributed by atoms with Crippen LogP contribution in [0.25, 0.3) is 54.4 Å². The van der Waals surface area contributed by atoms with Crippen LogP contribution < -0.4 is 0 Å². The minimum absolute atomic E-state index is 0. The average Bonchev–Trinajstić information content (AvgIpc) is 3.73. The van der Waals surface area contributed by atoms with Gasteiger partial charge in [0.15, 0.2) is 5.78 Å². The molecule has 0 aliphatic carbocycles. The number of aliphatic hydroxyl groups is 1. The van der Waals surface area contributed by atoms with Crippen LogP contribution in [0.15, 0.2) is 88.5 Å². The SMILES string of the molecule is CCC(C)(CC)C(=O)/C=C(\O)C(C)(CC)CC.Cc1csc2cccc(-c3cc4c(-c5[c-]c6ccccc6c(C(C)(C)C)c5)nccc4o3)c12.[Ir]. The van der Waals surface area contributed by atoms with E-state index in [1.54, 1.807) is 11.3 Å². The summed E-state index contributed by atoms with van der Waals surface area (Å²) < 4.78 is 7.66. The summed E-state index contributed by atoms with van der Waals surface area (Å²) in [6, 6.07) is 24.9. The van der Waals surface area contributed by atoms with Gasteiger partial charge in [-0.3, -0.25) is 9.78 Å². The van der Waals surface area contributed by atoms with Crippen molar-refractivity contribution in [2.24, 2.45) is 10.8 Å². The third-order valence-corrected chi connectivity index (χ3v) is 12.0. The first kappa shape index (κ1) is 40.2. The maximum absolute atomic E-state index is 12.2. The second-order valence-corrected chi connectivity index (χ2v) is 16.0. The molecule has 0 aliphatic rings. The van der Waals surface area contributed by atoms with Crippen molar-refractivity contribution in [3.8, 4) is 22.6 Å². The van der Waals surface area contributed by atoms with Gasteiger partial charge in [0.05, 0.1) is 0 Å². The van der Waals surface area contributed by atoms with Gasteiger partial charge in [-0.1, -0.05) is 104 Å². The number of benzene rings is 3. The minimum Gasteiger partial charge on any atom is -0.512 e. The average molecular weight is 879 g/mol. The zero-order valence-corrected chi connectivity index (χ0v) is 35.0. The predicted octanol–water partition coefficient (Wildman–Crippen LogP) is 13.6. The van der Waals surface area contributed by atoms with E-state index in [0.717, 1.165) is 64.6 Å². The van der Waals surface area contributed by atoms with Gasteiger partial charge in [0, 0.05) is 69.9 Å². The van der Waals surface area contributed by atoms with Gasteiger partial charge in [-0.25, -0.2) is 0 Å². The molecule has 6 aromatic rings. The molecule has 51 heavy (non-hydrogen) atoms. The molecule has 0 unspecified atom stereocenters. The smallest absolute Gasteiger partial charge is 0.164 e. The maximum Gasteiger partial charge on any atom is 0.164 e. The molecule has 271 valence electrons. The van der Waals surface area contributed by atoms with Gasteiger partial charge in [-0.2, -0.15) is 0 Å². The molecule has 6 heteroatoms. The van der Waals surface area contributed by atoms with Gasteiger partial charge < -0.3 is 9.52 Å². The normalized spacial score (nSPS) is 12.5. The molecule has 0 atom stereocenters. The molecule has 3 aromatic heterocycles. The van der Waals surface area contributed by atoms with Crippen molar-refractivity contribution in [1.29, 1.82) is 0 Å². The molecule has 0 amide bonds. The van der Waals surface area contributed by atoms with Crippen molar-refractivity contribution in [3.05, 3.63) is 101 Å². The zero-order valence-electron chi connectivity index (χ0n) is 31.8. The number of ketones is 1. The summed E-state index contributed by atoms with van der Waals surface area (Å²) in [5.41, 5.74) is 5.87. The van der Waals surface area contributed by atoms with Crippen LogP contribution in [0, 0.1) is 23.8 Å². The Labute approximate surface area is 321 Å². The molecule has 0 aliphatic heterocycles. The Kier molecular flexibility index (Phi) is 12.6. The summed E-state index contributed by atoms with van der Waals surface area (Å²) in [5.74, 6) is 1.16. The molecule has 0 spiro atoms. The molecular weight excluding hydrogens is 827 g/mol. The molecule has 6 rings (SSSR count). The van der Waals surface area contributed by atoms with Gasteiger partial charge >= 0.3 is 0 Å². The van der Waals surface area contributed by atoms with Gasteiger partial charge in [-0.15, -0.1) is 40.5 Å². The Morgan fingerprint density at radius 1 is 0.882 bits per heavy atom. The van der Waals surface area contributed by atoms with Crippen LogP contribution in [0.2, 0.25) is 0 Å². The summed E-state index contributed by atoms with van der Waals surface area (Å²) in [7, 11) is 0. The molecule has 0 saturated carbocycles. The summed E-state index contributed by atoms with van der Waals surface area (Å²) >= 11 is 1.78. The second kappa shape index (κ2) is 16.0. The van der Waals surface area contributed by atoms with Crippen molar-refractivity contribution in [1.82, 2.24) is 4.98 Å². The Balaban J connectivity index is 0.000000279. The van der Waals surface area contributed by atoms with Crippen LogP contribution >= 0.6 is 11.3 Å². The number of aryl methyl sites for hydroxylation is 1. The number of carbonyl (C=O) groups is 1. The minimum atomic E-state index is -0.337. The number of aromatic nitrogens is 1. The molecule has 3 aromatic carbocycles. The van der Waals surface area contributed by atoms with Crippen molar-refractivity contribution in [3.63, 3.8) is 0 Å².